The molecule has 1 aromatic carbocycles. The van der Waals surface area contributed by atoms with Crippen LogP contribution in [0.1, 0.15) is 47.0 Å². The van der Waals surface area contributed by atoms with E-state index in [9.17, 15) is 14.0 Å². The monoisotopic (exact) mass is 398 g/mol. The summed E-state index contributed by atoms with van der Waals surface area (Å²) in [5.74, 6) is -0.656. The topological polar surface area (TPSA) is 65.5 Å². The number of amides is 2. The van der Waals surface area contributed by atoms with Gasteiger partial charge in [0.25, 0.3) is 11.8 Å². The SMILES string of the molecule is CCCCCNC(=O)c1cc(C(=O)N2CCN(c3ccccc3F)CC2)ccn1. The molecule has 1 aliphatic rings. The molecule has 0 radical (unpaired) electrons. The van der Waals surface area contributed by atoms with Gasteiger partial charge >= 0.3 is 0 Å². The molecule has 1 aliphatic heterocycles. The van der Waals surface area contributed by atoms with E-state index in [1.165, 1.54) is 12.3 Å². The fourth-order valence-corrected chi connectivity index (χ4v) is 3.40. The van der Waals surface area contributed by atoms with Crippen molar-refractivity contribution in [1.29, 1.82) is 0 Å². The summed E-state index contributed by atoms with van der Waals surface area (Å²) in [5, 5.41) is 2.84. The average molecular weight is 398 g/mol. The van der Waals surface area contributed by atoms with Crippen molar-refractivity contribution in [2.24, 2.45) is 0 Å². The molecular formula is C22H27FN4O2. The van der Waals surface area contributed by atoms with Crippen molar-refractivity contribution in [3.05, 3.63) is 59.7 Å². The number of hydrogen-bond donors (Lipinski definition) is 1. The number of unbranched alkanes of at least 4 members (excludes halogenated alkanes) is 2. The van der Waals surface area contributed by atoms with Crippen molar-refractivity contribution in [3.8, 4) is 0 Å². The maximum Gasteiger partial charge on any atom is 0.269 e. The number of carbonyl (C=O) groups is 2. The summed E-state index contributed by atoms with van der Waals surface area (Å²) < 4.78 is 14.0. The molecule has 0 atom stereocenters. The normalized spacial score (nSPS) is 14.0. The number of hydrogen-bond acceptors (Lipinski definition) is 4. The second-order valence-electron chi connectivity index (χ2n) is 7.12. The van der Waals surface area contributed by atoms with Gasteiger partial charge in [-0.2, -0.15) is 0 Å². The summed E-state index contributed by atoms with van der Waals surface area (Å²) in [6, 6.07) is 9.83. The van der Waals surface area contributed by atoms with Crippen LogP contribution in [0.3, 0.4) is 0 Å². The third-order valence-electron chi connectivity index (χ3n) is 5.07. The van der Waals surface area contributed by atoms with E-state index in [-0.39, 0.29) is 23.3 Å². The second-order valence-corrected chi connectivity index (χ2v) is 7.12. The van der Waals surface area contributed by atoms with Gasteiger partial charge in [0.05, 0.1) is 5.69 Å². The Morgan fingerprint density at radius 2 is 1.86 bits per heavy atom. The lowest BCUT2D eigenvalue weighted by Crippen LogP contribution is -2.49. The molecule has 29 heavy (non-hydrogen) atoms. The molecule has 1 aromatic heterocycles. The third-order valence-corrected chi connectivity index (χ3v) is 5.07. The summed E-state index contributed by atoms with van der Waals surface area (Å²) in [4.78, 5) is 32.9. The van der Waals surface area contributed by atoms with Crippen LogP contribution in [0, 0.1) is 5.82 Å². The standard InChI is InChI=1S/C22H27FN4O2/c1-2-3-6-10-25-21(28)19-16-17(9-11-24-19)22(29)27-14-12-26(13-15-27)20-8-5-4-7-18(20)23/h4-5,7-9,11,16H,2-3,6,10,12-15H2,1H3,(H,25,28). The minimum atomic E-state index is -0.264. The summed E-state index contributed by atoms with van der Waals surface area (Å²) in [7, 11) is 0. The molecule has 0 saturated carbocycles. The first-order chi connectivity index (χ1) is 14.1. The number of anilines is 1. The molecule has 1 fully saturated rings. The van der Waals surface area contributed by atoms with E-state index in [0.29, 0.717) is 44.0 Å². The van der Waals surface area contributed by atoms with Gasteiger partial charge in [0.1, 0.15) is 11.5 Å². The zero-order valence-electron chi connectivity index (χ0n) is 16.7. The highest BCUT2D eigenvalue weighted by Gasteiger charge is 2.24. The molecule has 0 bridgehead atoms. The average Bonchev–Trinajstić information content (AvgIpc) is 2.77. The zero-order valence-corrected chi connectivity index (χ0v) is 16.7. The molecule has 1 N–H and O–H groups in total. The Bertz CT molecular complexity index is 850. The Kier molecular flexibility index (Phi) is 7.16. The molecular weight excluding hydrogens is 371 g/mol. The highest BCUT2D eigenvalue weighted by Crippen LogP contribution is 2.20. The van der Waals surface area contributed by atoms with Gasteiger partial charge in [-0.3, -0.25) is 14.6 Å². The number of nitrogens with one attached hydrogen (secondary N) is 1. The molecule has 154 valence electrons. The molecule has 2 amide bonds. The Labute approximate surface area is 170 Å². The zero-order chi connectivity index (χ0) is 20.6. The van der Waals surface area contributed by atoms with E-state index in [0.717, 1.165) is 19.3 Å². The van der Waals surface area contributed by atoms with Gasteiger partial charge in [-0.15, -0.1) is 0 Å². The first kappa shape index (κ1) is 20.8. The van der Waals surface area contributed by atoms with Gasteiger partial charge < -0.3 is 15.1 Å². The van der Waals surface area contributed by atoms with Crippen LogP contribution in [0.25, 0.3) is 0 Å². The molecule has 1 saturated heterocycles. The Hall–Kier alpha value is -2.96. The Morgan fingerprint density at radius 3 is 2.59 bits per heavy atom. The van der Waals surface area contributed by atoms with E-state index >= 15 is 0 Å². The van der Waals surface area contributed by atoms with Gasteiger partial charge in [-0.25, -0.2) is 4.39 Å². The fraction of sp³-hybridized carbons (Fsp3) is 0.409. The maximum absolute atomic E-state index is 14.0. The van der Waals surface area contributed by atoms with Crippen LogP contribution in [0.5, 0.6) is 0 Å². The van der Waals surface area contributed by atoms with Gasteiger partial charge in [-0.1, -0.05) is 31.9 Å². The summed E-state index contributed by atoms with van der Waals surface area (Å²) in [5.41, 5.74) is 1.25. The van der Waals surface area contributed by atoms with Crippen molar-refractivity contribution >= 4 is 17.5 Å². The van der Waals surface area contributed by atoms with Gasteiger partial charge in [0, 0.05) is 44.5 Å². The van der Waals surface area contributed by atoms with E-state index in [1.807, 2.05) is 11.0 Å². The summed E-state index contributed by atoms with van der Waals surface area (Å²) in [6.45, 7) is 4.81. The number of aromatic nitrogens is 1. The molecule has 6 nitrogen and oxygen atoms in total. The predicted octanol–water partition coefficient (Wildman–Crippen LogP) is 3.10. The Morgan fingerprint density at radius 1 is 1.10 bits per heavy atom. The molecule has 2 heterocycles. The van der Waals surface area contributed by atoms with E-state index in [2.05, 4.69) is 17.2 Å². The smallest absolute Gasteiger partial charge is 0.269 e. The number of halogens is 1. The largest absolute Gasteiger partial charge is 0.366 e. The number of nitrogens with zero attached hydrogens (tertiary/aromatic N) is 3. The van der Waals surface area contributed by atoms with Gasteiger partial charge in [0.15, 0.2) is 0 Å². The number of para-hydroxylation sites is 1. The minimum Gasteiger partial charge on any atom is -0.366 e. The van der Waals surface area contributed by atoms with Gasteiger partial charge in [-0.05, 0) is 30.7 Å². The van der Waals surface area contributed by atoms with E-state index in [1.54, 1.807) is 29.2 Å². The van der Waals surface area contributed by atoms with Crippen molar-refractivity contribution < 1.29 is 14.0 Å². The van der Waals surface area contributed by atoms with Crippen molar-refractivity contribution in [2.45, 2.75) is 26.2 Å². The Balaban J connectivity index is 1.58. The number of rotatable bonds is 7. The maximum atomic E-state index is 14.0. The third kappa shape index (κ3) is 5.31. The van der Waals surface area contributed by atoms with Crippen molar-refractivity contribution in [3.63, 3.8) is 0 Å². The van der Waals surface area contributed by atoms with Crippen LogP contribution in [-0.2, 0) is 0 Å². The van der Waals surface area contributed by atoms with Crippen LogP contribution in [0.15, 0.2) is 42.6 Å². The molecule has 0 aliphatic carbocycles. The van der Waals surface area contributed by atoms with Crippen LogP contribution < -0.4 is 10.2 Å². The lowest BCUT2D eigenvalue weighted by molar-refractivity contribution is 0.0746. The van der Waals surface area contributed by atoms with Crippen LogP contribution >= 0.6 is 0 Å². The number of carbonyl (C=O) groups excluding carboxylic acids is 2. The minimum absolute atomic E-state index is 0.138. The van der Waals surface area contributed by atoms with Crippen LogP contribution in [-0.4, -0.2) is 54.4 Å². The lowest BCUT2D eigenvalue weighted by atomic mass is 10.1. The fourth-order valence-electron chi connectivity index (χ4n) is 3.40. The first-order valence-corrected chi connectivity index (χ1v) is 10.1. The van der Waals surface area contributed by atoms with Crippen LogP contribution in [0.2, 0.25) is 0 Å². The molecule has 2 aromatic rings. The molecule has 3 rings (SSSR count). The number of piperazine rings is 1. The summed E-state index contributed by atoms with van der Waals surface area (Å²) >= 11 is 0. The number of benzene rings is 1. The van der Waals surface area contributed by atoms with Crippen molar-refractivity contribution in [1.82, 2.24) is 15.2 Å². The quantitative estimate of drug-likeness (QED) is 0.728. The highest BCUT2D eigenvalue weighted by atomic mass is 19.1. The van der Waals surface area contributed by atoms with E-state index < -0.39 is 0 Å². The lowest BCUT2D eigenvalue weighted by Gasteiger charge is -2.36. The van der Waals surface area contributed by atoms with Gasteiger partial charge in [0.2, 0.25) is 0 Å². The van der Waals surface area contributed by atoms with Crippen LogP contribution in [0.4, 0.5) is 10.1 Å². The molecule has 0 unspecified atom stereocenters. The molecule has 7 heteroatoms. The first-order valence-electron chi connectivity index (χ1n) is 10.1. The number of pyridine rings is 1. The van der Waals surface area contributed by atoms with Crippen molar-refractivity contribution in [2.75, 3.05) is 37.6 Å². The summed E-state index contributed by atoms with van der Waals surface area (Å²) in [6.07, 6.45) is 4.56. The predicted molar refractivity (Wildman–Crippen MR) is 111 cm³/mol. The second kappa shape index (κ2) is 10.0. The van der Waals surface area contributed by atoms with E-state index in [4.69, 9.17) is 0 Å². The highest BCUT2D eigenvalue weighted by molar-refractivity contribution is 5.98. The molecule has 0 spiro atoms.